The van der Waals surface area contributed by atoms with Crippen molar-refractivity contribution in [2.75, 3.05) is 13.1 Å². The minimum atomic E-state index is -0.569. The molecule has 1 aliphatic heterocycles. The Balaban J connectivity index is 1.59. The predicted octanol–water partition coefficient (Wildman–Crippen LogP) is 1.06. The van der Waals surface area contributed by atoms with Crippen LogP contribution in [0, 0.1) is 5.92 Å². The number of carbonyl (C=O) groups is 2. The van der Waals surface area contributed by atoms with E-state index in [0.29, 0.717) is 25.9 Å². The predicted molar refractivity (Wildman–Crippen MR) is 82.4 cm³/mol. The van der Waals surface area contributed by atoms with Crippen LogP contribution in [0.2, 0.25) is 0 Å². The van der Waals surface area contributed by atoms with Gasteiger partial charge in [0.05, 0.1) is 0 Å². The minimum absolute atomic E-state index is 0.180. The zero-order chi connectivity index (χ0) is 15.5. The van der Waals surface area contributed by atoms with E-state index in [0.717, 1.165) is 22.9 Å². The van der Waals surface area contributed by atoms with Crippen molar-refractivity contribution in [2.24, 2.45) is 5.92 Å². The molecule has 4 N–H and O–H groups in total. The second kappa shape index (κ2) is 6.09. The molecular weight excluding hydrogens is 282 g/mol. The van der Waals surface area contributed by atoms with Gasteiger partial charge in [-0.2, -0.15) is 0 Å². The summed E-state index contributed by atoms with van der Waals surface area (Å²) in [6.45, 7) is 1.12. The summed E-state index contributed by atoms with van der Waals surface area (Å²) in [5.41, 5.74) is 1.98. The molecule has 0 bridgehead atoms. The summed E-state index contributed by atoms with van der Waals surface area (Å²) in [5.74, 6) is -0.738. The number of aromatic hydroxyl groups is 1. The number of aromatic amines is 1. The van der Waals surface area contributed by atoms with Crippen molar-refractivity contribution in [1.82, 2.24) is 15.6 Å². The van der Waals surface area contributed by atoms with Crippen molar-refractivity contribution in [1.29, 1.82) is 0 Å². The lowest BCUT2D eigenvalue weighted by Crippen LogP contribution is -2.45. The SMILES string of the molecule is O=C1NCCC[C@@H]1C(=O)NCCc1c[nH]c2ccc(O)cc12. The zero-order valence-corrected chi connectivity index (χ0v) is 12.2. The van der Waals surface area contributed by atoms with Crippen molar-refractivity contribution in [3.8, 4) is 5.75 Å². The number of phenolic OH excluding ortho intramolecular Hbond substituents is 1. The third-order valence-corrected chi connectivity index (χ3v) is 4.05. The third kappa shape index (κ3) is 2.90. The van der Waals surface area contributed by atoms with Crippen LogP contribution in [0.5, 0.6) is 5.75 Å². The van der Waals surface area contributed by atoms with Gasteiger partial charge in [0.1, 0.15) is 11.7 Å². The molecule has 1 aromatic heterocycles. The lowest BCUT2D eigenvalue weighted by Gasteiger charge is -2.20. The molecule has 1 aromatic carbocycles. The van der Waals surface area contributed by atoms with Crippen LogP contribution >= 0.6 is 0 Å². The van der Waals surface area contributed by atoms with Gasteiger partial charge in [-0.1, -0.05) is 0 Å². The van der Waals surface area contributed by atoms with E-state index in [-0.39, 0.29) is 17.6 Å². The van der Waals surface area contributed by atoms with Crippen molar-refractivity contribution >= 4 is 22.7 Å². The monoisotopic (exact) mass is 301 g/mol. The highest BCUT2D eigenvalue weighted by Gasteiger charge is 2.28. The molecule has 2 aromatic rings. The normalized spacial score (nSPS) is 18.2. The van der Waals surface area contributed by atoms with E-state index in [4.69, 9.17) is 0 Å². The van der Waals surface area contributed by atoms with Gasteiger partial charge in [0.2, 0.25) is 11.8 Å². The highest BCUT2D eigenvalue weighted by atomic mass is 16.3. The molecule has 0 radical (unpaired) electrons. The van der Waals surface area contributed by atoms with Crippen molar-refractivity contribution in [3.05, 3.63) is 30.0 Å². The Morgan fingerprint density at radius 1 is 1.41 bits per heavy atom. The summed E-state index contributed by atoms with van der Waals surface area (Å²) in [5, 5.41) is 16.0. The van der Waals surface area contributed by atoms with E-state index in [9.17, 15) is 14.7 Å². The summed E-state index contributed by atoms with van der Waals surface area (Å²) in [7, 11) is 0. The Hall–Kier alpha value is -2.50. The lowest BCUT2D eigenvalue weighted by molar-refractivity contribution is -0.136. The fourth-order valence-electron chi connectivity index (χ4n) is 2.84. The number of rotatable bonds is 4. The first kappa shape index (κ1) is 14.4. The topological polar surface area (TPSA) is 94.2 Å². The van der Waals surface area contributed by atoms with Crippen molar-refractivity contribution in [2.45, 2.75) is 19.3 Å². The molecule has 0 spiro atoms. The Labute approximate surface area is 127 Å². The number of nitrogens with one attached hydrogen (secondary N) is 3. The summed E-state index contributed by atoms with van der Waals surface area (Å²) in [4.78, 5) is 26.8. The number of hydrogen-bond donors (Lipinski definition) is 4. The Bertz CT molecular complexity index is 708. The second-order valence-electron chi connectivity index (χ2n) is 5.57. The molecule has 0 saturated carbocycles. The Morgan fingerprint density at radius 3 is 3.09 bits per heavy atom. The van der Waals surface area contributed by atoms with E-state index in [2.05, 4.69) is 15.6 Å². The van der Waals surface area contributed by atoms with Crippen LogP contribution in [0.1, 0.15) is 18.4 Å². The standard InChI is InChI=1S/C16H19N3O3/c20-11-3-4-14-13(8-11)10(9-19-14)5-7-18-16(22)12-2-1-6-17-15(12)21/h3-4,8-9,12,19-20H,1-2,5-7H2,(H,17,21)(H,18,22)/t12-/m0/s1. The highest BCUT2D eigenvalue weighted by Crippen LogP contribution is 2.23. The number of phenols is 1. The van der Waals surface area contributed by atoms with Crippen LogP contribution in [-0.4, -0.2) is 35.0 Å². The molecule has 116 valence electrons. The van der Waals surface area contributed by atoms with Crippen LogP contribution in [0.15, 0.2) is 24.4 Å². The van der Waals surface area contributed by atoms with Crippen LogP contribution in [0.25, 0.3) is 10.9 Å². The molecule has 0 aliphatic carbocycles. The molecule has 6 nitrogen and oxygen atoms in total. The molecule has 22 heavy (non-hydrogen) atoms. The molecule has 2 heterocycles. The number of carbonyl (C=O) groups excluding carboxylic acids is 2. The molecule has 0 unspecified atom stereocenters. The molecule has 1 atom stereocenters. The van der Waals surface area contributed by atoms with Crippen molar-refractivity contribution in [3.63, 3.8) is 0 Å². The summed E-state index contributed by atoms with van der Waals surface area (Å²) in [6, 6.07) is 5.16. The number of benzene rings is 1. The fraction of sp³-hybridized carbons (Fsp3) is 0.375. The van der Waals surface area contributed by atoms with Crippen LogP contribution < -0.4 is 10.6 Å². The molecule has 1 aliphatic rings. The first-order chi connectivity index (χ1) is 10.6. The van der Waals surface area contributed by atoms with Gasteiger partial charge < -0.3 is 20.7 Å². The quantitative estimate of drug-likeness (QED) is 0.636. The smallest absolute Gasteiger partial charge is 0.232 e. The van der Waals surface area contributed by atoms with Gasteiger partial charge in [-0.25, -0.2) is 0 Å². The lowest BCUT2D eigenvalue weighted by atomic mass is 9.98. The highest BCUT2D eigenvalue weighted by molar-refractivity contribution is 6.00. The van der Waals surface area contributed by atoms with E-state index in [1.54, 1.807) is 12.1 Å². The summed E-state index contributed by atoms with van der Waals surface area (Å²) in [6.07, 6.45) is 3.97. The first-order valence-corrected chi connectivity index (χ1v) is 7.49. The maximum atomic E-state index is 12.0. The third-order valence-electron chi connectivity index (χ3n) is 4.05. The van der Waals surface area contributed by atoms with E-state index in [1.165, 1.54) is 0 Å². The van der Waals surface area contributed by atoms with E-state index in [1.807, 2.05) is 12.3 Å². The Morgan fingerprint density at radius 2 is 2.27 bits per heavy atom. The van der Waals surface area contributed by atoms with Gasteiger partial charge in [0, 0.05) is 30.2 Å². The first-order valence-electron chi connectivity index (χ1n) is 7.49. The van der Waals surface area contributed by atoms with E-state index >= 15 is 0 Å². The van der Waals surface area contributed by atoms with Crippen LogP contribution in [-0.2, 0) is 16.0 Å². The van der Waals surface area contributed by atoms with Gasteiger partial charge in [-0.15, -0.1) is 0 Å². The number of H-pyrrole nitrogens is 1. The average molecular weight is 301 g/mol. The van der Waals surface area contributed by atoms with Gasteiger partial charge in [0.15, 0.2) is 0 Å². The van der Waals surface area contributed by atoms with Crippen molar-refractivity contribution < 1.29 is 14.7 Å². The summed E-state index contributed by atoms with van der Waals surface area (Å²) < 4.78 is 0. The molecular formula is C16H19N3O3. The number of amides is 2. The van der Waals surface area contributed by atoms with E-state index < -0.39 is 5.92 Å². The summed E-state index contributed by atoms with van der Waals surface area (Å²) >= 11 is 0. The van der Waals surface area contributed by atoms with Gasteiger partial charge >= 0.3 is 0 Å². The van der Waals surface area contributed by atoms with Crippen LogP contribution in [0.4, 0.5) is 0 Å². The molecule has 1 fully saturated rings. The number of piperidine rings is 1. The number of fused-ring (bicyclic) bond motifs is 1. The second-order valence-corrected chi connectivity index (χ2v) is 5.57. The zero-order valence-electron chi connectivity index (χ0n) is 12.2. The molecule has 1 saturated heterocycles. The average Bonchev–Trinajstić information content (AvgIpc) is 2.90. The van der Waals surface area contributed by atoms with Crippen LogP contribution in [0.3, 0.4) is 0 Å². The number of aromatic nitrogens is 1. The molecule has 3 rings (SSSR count). The van der Waals surface area contributed by atoms with Gasteiger partial charge in [-0.05, 0) is 43.0 Å². The van der Waals surface area contributed by atoms with Gasteiger partial charge in [-0.3, -0.25) is 9.59 Å². The largest absolute Gasteiger partial charge is 0.508 e. The maximum Gasteiger partial charge on any atom is 0.232 e. The minimum Gasteiger partial charge on any atom is -0.508 e. The molecule has 6 heteroatoms. The van der Waals surface area contributed by atoms with Gasteiger partial charge in [0.25, 0.3) is 0 Å². The fourth-order valence-corrected chi connectivity index (χ4v) is 2.84. The maximum absolute atomic E-state index is 12.0. The Kier molecular flexibility index (Phi) is 4.00. The number of hydrogen-bond acceptors (Lipinski definition) is 3. The molecule has 2 amide bonds.